The fourth-order valence-electron chi connectivity index (χ4n) is 1.76. The normalized spacial score (nSPS) is 10.7. The van der Waals surface area contributed by atoms with E-state index < -0.39 is 0 Å². The quantitative estimate of drug-likeness (QED) is 0.639. The first-order valence-corrected chi connectivity index (χ1v) is 8.16. The molecule has 6 heteroatoms. The van der Waals surface area contributed by atoms with Crippen LogP contribution in [-0.2, 0) is 0 Å². The highest BCUT2D eigenvalue weighted by atomic mass is 79.9. The van der Waals surface area contributed by atoms with Gasteiger partial charge in [-0.05, 0) is 46.3 Å². The van der Waals surface area contributed by atoms with E-state index in [9.17, 15) is 4.79 Å². The first-order valence-electron chi connectivity index (χ1n) is 5.75. The van der Waals surface area contributed by atoms with E-state index in [2.05, 4.69) is 42.2 Å². The molecule has 3 nitrogen and oxygen atoms in total. The summed E-state index contributed by atoms with van der Waals surface area (Å²) in [4.78, 5) is 16.7. The van der Waals surface area contributed by atoms with Gasteiger partial charge in [0.1, 0.15) is 0 Å². The molecule has 1 heterocycles. The zero-order chi connectivity index (χ0) is 14.1. The number of halogens is 2. The number of carbonyl (C=O) groups excluding carboxylic acids is 1. The third kappa shape index (κ3) is 2.77. The summed E-state index contributed by atoms with van der Waals surface area (Å²) in [6, 6.07) is 13.3. The number of rotatable bonds is 2. The molecule has 100 valence electrons. The lowest BCUT2D eigenvalue weighted by molar-refractivity contribution is 0.102. The van der Waals surface area contributed by atoms with Crippen molar-refractivity contribution in [2.45, 2.75) is 0 Å². The topological polar surface area (TPSA) is 42.0 Å². The number of amides is 1. The summed E-state index contributed by atoms with van der Waals surface area (Å²) in [6.45, 7) is 0. The van der Waals surface area contributed by atoms with E-state index in [1.807, 2.05) is 36.4 Å². The molecule has 0 aliphatic carbocycles. The third-order valence-electron chi connectivity index (χ3n) is 2.69. The van der Waals surface area contributed by atoms with Crippen molar-refractivity contribution in [2.75, 3.05) is 5.32 Å². The molecule has 2 aromatic carbocycles. The lowest BCUT2D eigenvalue weighted by atomic mass is 10.2. The summed E-state index contributed by atoms with van der Waals surface area (Å²) >= 11 is 8.20. The minimum Gasteiger partial charge on any atom is -0.298 e. The van der Waals surface area contributed by atoms with E-state index in [-0.39, 0.29) is 5.91 Å². The van der Waals surface area contributed by atoms with Gasteiger partial charge in [-0.2, -0.15) is 0 Å². The Hall–Kier alpha value is -1.24. The highest BCUT2D eigenvalue weighted by Crippen LogP contribution is 2.27. The number of anilines is 1. The third-order valence-corrected chi connectivity index (χ3v) is 4.82. The number of fused-ring (bicyclic) bond motifs is 1. The predicted molar refractivity (Wildman–Crippen MR) is 89.4 cm³/mol. The molecule has 1 N–H and O–H groups in total. The Labute approximate surface area is 136 Å². The molecule has 0 saturated carbocycles. The number of aromatic nitrogens is 1. The number of benzene rings is 2. The summed E-state index contributed by atoms with van der Waals surface area (Å²) < 4.78 is 2.66. The second-order valence-electron chi connectivity index (χ2n) is 4.07. The van der Waals surface area contributed by atoms with E-state index in [0.29, 0.717) is 10.7 Å². The van der Waals surface area contributed by atoms with Gasteiger partial charge in [0.25, 0.3) is 5.91 Å². The van der Waals surface area contributed by atoms with Gasteiger partial charge in [-0.3, -0.25) is 10.1 Å². The van der Waals surface area contributed by atoms with Crippen LogP contribution in [0.4, 0.5) is 5.13 Å². The van der Waals surface area contributed by atoms with Crippen molar-refractivity contribution >= 4 is 64.5 Å². The van der Waals surface area contributed by atoms with Gasteiger partial charge in [-0.1, -0.05) is 39.4 Å². The molecule has 0 fully saturated rings. The molecular weight excluding hydrogens is 404 g/mol. The summed E-state index contributed by atoms with van der Waals surface area (Å²) in [7, 11) is 0. The number of carbonyl (C=O) groups is 1. The van der Waals surface area contributed by atoms with Crippen LogP contribution >= 0.6 is 43.2 Å². The highest BCUT2D eigenvalue weighted by molar-refractivity contribution is 9.11. The molecular formula is C14H8Br2N2OS. The maximum absolute atomic E-state index is 12.3. The molecule has 0 atom stereocenters. The van der Waals surface area contributed by atoms with Crippen molar-refractivity contribution in [3.8, 4) is 0 Å². The average Bonchev–Trinajstić information content (AvgIpc) is 2.83. The van der Waals surface area contributed by atoms with Gasteiger partial charge in [0, 0.05) is 8.95 Å². The van der Waals surface area contributed by atoms with Crippen LogP contribution in [0.1, 0.15) is 10.4 Å². The lowest BCUT2D eigenvalue weighted by Gasteiger charge is -2.04. The standard InChI is InChI=1S/C14H8Br2N2OS/c15-8-5-6-10(16)9(7-8)13(19)18-14-17-11-3-1-2-4-12(11)20-14/h1-7H,(H,17,18,19). The zero-order valence-corrected chi connectivity index (χ0v) is 14.0. The second kappa shape index (κ2) is 5.63. The van der Waals surface area contributed by atoms with E-state index in [4.69, 9.17) is 0 Å². The molecule has 1 amide bonds. The molecule has 0 saturated heterocycles. The van der Waals surface area contributed by atoms with Gasteiger partial charge in [-0.15, -0.1) is 0 Å². The van der Waals surface area contributed by atoms with E-state index in [1.54, 1.807) is 6.07 Å². The molecule has 0 bridgehead atoms. The Bertz CT molecular complexity index is 768. The number of hydrogen-bond acceptors (Lipinski definition) is 3. The largest absolute Gasteiger partial charge is 0.298 e. The van der Waals surface area contributed by atoms with Crippen molar-refractivity contribution < 1.29 is 4.79 Å². The Morgan fingerprint density at radius 2 is 1.95 bits per heavy atom. The Balaban J connectivity index is 1.90. The van der Waals surface area contributed by atoms with Crippen molar-refractivity contribution in [3.05, 3.63) is 57.0 Å². The fraction of sp³-hybridized carbons (Fsp3) is 0. The molecule has 3 aromatic rings. The molecule has 20 heavy (non-hydrogen) atoms. The number of nitrogens with zero attached hydrogens (tertiary/aromatic N) is 1. The fourth-order valence-corrected chi connectivity index (χ4v) is 3.41. The second-order valence-corrected chi connectivity index (χ2v) is 6.87. The first-order chi connectivity index (χ1) is 9.63. The van der Waals surface area contributed by atoms with Crippen LogP contribution in [0.15, 0.2) is 51.4 Å². The van der Waals surface area contributed by atoms with Crippen LogP contribution in [0.3, 0.4) is 0 Å². The van der Waals surface area contributed by atoms with Crippen LogP contribution in [-0.4, -0.2) is 10.9 Å². The van der Waals surface area contributed by atoms with Crippen LogP contribution in [0.5, 0.6) is 0 Å². The molecule has 0 spiro atoms. The van der Waals surface area contributed by atoms with Crippen molar-refractivity contribution in [3.63, 3.8) is 0 Å². The Morgan fingerprint density at radius 1 is 1.15 bits per heavy atom. The monoisotopic (exact) mass is 410 g/mol. The minimum atomic E-state index is -0.183. The Kier molecular flexibility index (Phi) is 3.87. The zero-order valence-electron chi connectivity index (χ0n) is 10.1. The molecule has 3 rings (SSSR count). The highest BCUT2D eigenvalue weighted by Gasteiger charge is 2.13. The summed E-state index contributed by atoms with van der Waals surface area (Å²) in [5.74, 6) is -0.183. The van der Waals surface area contributed by atoms with Crippen molar-refractivity contribution in [2.24, 2.45) is 0 Å². The van der Waals surface area contributed by atoms with E-state index in [0.717, 1.165) is 19.2 Å². The lowest BCUT2D eigenvalue weighted by Crippen LogP contribution is -2.12. The van der Waals surface area contributed by atoms with Gasteiger partial charge in [-0.25, -0.2) is 4.98 Å². The average molecular weight is 412 g/mol. The van der Waals surface area contributed by atoms with Gasteiger partial charge >= 0.3 is 0 Å². The molecule has 0 aliphatic rings. The van der Waals surface area contributed by atoms with Crippen LogP contribution < -0.4 is 5.32 Å². The SMILES string of the molecule is O=C(Nc1nc2ccccc2s1)c1cc(Br)ccc1Br. The van der Waals surface area contributed by atoms with Gasteiger partial charge in [0.05, 0.1) is 15.8 Å². The summed E-state index contributed by atoms with van der Waals surface area (Å²) in [5.41, 5.74) is 1.46. The summed E-state index contributed by atoms with van der Waals surface area (Å²) in [6.07, 6.45) is 0. The van der Waals surface area contributed by atoms with Crippen LogP contribution in [0.2, 0.25) is 0 Å². The maximum Gasteiger partial charge on any atom is 0.258 e. The number of nitrogens with one attached hydrogen (secondary N) is 1. The molecule has 1 aromatic heterocycles. The van der Waals surface area contributed by atoms with Gasteiger partial charge in [0.15, 0.2) is 5.13 Å². The Morgan fingerprint density at radius 3 is 2.75 bits per heavy atom. The molecule has 0 radical (unpaired) electrons. The molecule has 0 unspecified atom stereocenters. The van der Waals surface area contributed by atoms with Crippen molar-refractivity contribution in [1.29, 1.82) is 0 Å². The van der Waals surface area contributed by atoms with E-state index >= 15 is 0 Å². The first kappa shape index (κ1) is 13.7. The summed E-state index contributed by atoms with van der Waals surface area (Å²) in [5, 5.41) is 3.43. The van der Waals surface area contributed by atoms with Gasteiger partial charge in [0.2, 0.25) is 0 Å². The van der Waals surface area contributed by atoms with Crippen LogP contribution in [0, 0.1) is 0 Å². The van der Waals surface area contributed by atoms with E-state index in [1.165, 1.54) is 11.3 Å². The smallest absolute Gasteiger partial charge is 0.258 e. The van der Waals surface area contributed by atoms with Gasteiger partial charge < -0.3 is 0 Å². The number of thiazole rings is 1. The maximum atomic E-state index is 12.3. The predicted octanol–water partition coefficient (Wildman–Crippen LogP) is 5.07. The molecule has 0 aliphatic heterocycles. The number of para-hydroxylation sites is 1. The van der Waals surface area contributed by atoms with Crippen molar-refractivity contribution in [1.82, 2.24) is 4.98 Å². The van der Waals surface area contributed by atoms with Crippen LogP contribution in [0.25, 0.3) is 10.2 Å². The number of hydrogen-bond donors (Lipinski definition) is 1. The minimum absolute atomic E-state index is 0.183.